The molecule has 0 aliphatic heterocycles. The maximum absolute atomic E-state index is 9.68. The minimum absolute atomic E-state index is 0.623. The fraction of sp³-hybridized carbons (Fsp3) is 0.344. The number of benzene rings is 3. The van der Waals surface area contributed by atoms with E-state index in [1.807, 2.05) is 30.3 Å². The number of allylic oxidation sites excluding steroid dienone is 1. The number of hydrogen-bond acceptors (Lipinski definition) is 3. The second-order valence-electron chi connectivity index (χ2n) is 9.55. The predicted molar refractivity (Wildman–Crippen MR) is 152 cm³/mol. The molecule has 1 fully saturated rings. The van der Waals surface area contributed by atoms with Gasteiger partial charge < -0.3 is 9.64 Å². The van der Waals surface area contributed by atoms with Crippen LogP contribution < -0.4 is 9.64 Å². The molecular formula is C32H35ClN2O. The van der Waals surface area contributed by atoms with E-state index < -0.39 is 0 Å². The third kappa shape index (κ3) is 6.71. The Hall–Kier alpha value is -3.22. The lowest BCUT2D eigenvalue weighted by Gasteiger charge is -2.24. The average Bonchev–Trinajstić information content (AvgIpc) is 2.92. The van der Waals surface area contributed by atoms with E-state index in [-0.39, 0.29) is 0 Å². The van der Waals surface area contributed by atoms with Crippen LogP contribution in [0.5, 0.6) is 5.75 Å². The van der Waals surface area contributed by atoms with E-state index in [4.69, 9.17) is 16.3 Å². The molecule has 1 aliphatic carbocycles. The fourth-order valence-corrected chi connectivity index (χ4v) is 5.13. The van der Waals surface area contributed by atoms with E-state index in [1.54, 1.807) is 0 Å². The van der Waals surface area contributed by atoms with Crippen LogP contribution in [0.25, 0.3) is 11.6 Å². The second kappa shape index (κ2) is 12.7. The largest absolute Gasteiger partial charge is 0.492 e. The molecule has 0 radical (unpaired) electrons. The number of likely N-dealkylation sites (N-methyl/N-ethyl adjacent to an activating group) is 1. The molecular weight excluding hydrogens is 464 g/mol. The summed E-state index contributed by atoms with van der Waals surface area (Å²) in [6, 6.07) is 24.8. The maximum Gasteiger partial charge on any atom is 0.119 e. The molecule has 0 unspecified atom stereocenters. The molecule has 3 aromatic rings. The first-order valence-electron chi connectivity index (χ1n) is 13.0. The van der Waals surface area contributed by atoms with Gasteiger partial charge in [-0.05, 0) is 97.3 Å². The van der Waals surface area contributed by atoms with E-state index in [9.17, 15) is 5.26 Å². The maximum atomic E-state index is 9.68. The summed E-state index contributed by atoms with van der Waals surface area (Å²) < 4.78 is 6.08. The average molecular weight is 499 g/mol. The van der Waals surface area contributed by atoms with Gasteiger partial charge in [0.25, 0.3) is 0 Å². The van der Waals surface area contributed by atoms with Crippen LogP contribution in [0.15, 0.2) is 66.7 Å². The molecule has 0 bridgehead atoms. The Morgan fingerprint density at radius 1 is 1.03 bits per heavy atom. The zero-order valence-corrected chi connectivity index (χ0v) is 22.1. The molecule has 0 spiro atoms. The highest BCUT2D eigenvalue weighted by atomic mass is 35.5. The van der Waals surface area contributed by atoms with Crippen molar-refractivity contribution in [2.45, 2.75) is 51.9 Å². The predicted octanol–water partition coefficient (Wildman–Crippen LogP) is 8.67. The molecule has 3 aromatic carbocycles. The molecule has 0 saturated heterocycles. The number of halogens is 1. The molecule has 36 heavy (non-hydrogen) atoms. The van der Waals surface area contributed by atoms with Crippen LogP contribution in [0.3, 0.4) is 0 Å². The summed E-state index contributed by atoms with van der Waals surface area (Å²) in [4.78, 5) is 2.32. The van der Waals surface area contributed by atoms with Crippen LogP contribution in [0.4, 0.5) is 5.69 Å². The zero-order valence-electron chi connectivity index (χ0n) is 21.3. The number of ether oxygens (including phenoxy) is 1. The number of nitrogens with zero attached hydrogens (tertiary/aromatic N) is 2. The normalized spacial score (nSPS) is 14.3. The van der Waals surface area contributed by atoms with Gasteiger partial charge in [0.05, 0.1) is 18.2 Å². The number of anilines is 1. The topological polar surface area (TPSA) is 36.3 Å². The van der Waals surface area contributed by atoms with Gasteiger partial charge in [0.2, 0.25) is 0 Å². The van der Waals surface area contributed by atoms with Crippen molar-refractivity contribution in [1.29, 1.82) is 5.26 Å². The van der Waals surface area contributed by atoms with E-state index in [0.717, 1.165) is 47.1 Å². The minimum Gasteiger partial charge on any atom is -0.492 e. The summed E-state index contributed by atoms with van der Waals surface area (Å²) in [5.74, 6) is 1.66. The molecule has 1 saturated carbocycles. The van der Waals surface area contributed by atoms with Crippen LogP contribution >= 0.6 is 11.6 Å². The molecule has 4 rings (SSSR count). The van der Waals surface area contributed by atoms with Crippen LogP contribution in [0.2, 0.25) is 5.02 Å². The Labute approximate surface area is 221 Å². The van der Waals surface area contributed by atoms with Crippen LogP contribution in [0.1, 0.15) is 67.2 Å². The third-order valence-electron chi connectivity index (χ3n) is 7.16. The SMILES string of the molecule is CCN(CCOc1ccc(C2CCCCC2)cc1)c1ccc(/C=C(\C#N)c2ccc(Cl)cc2)c(C)c1. The van der Waals surface area contributed by atoms with E-state index >= 15 is 0 Å². The van der Waals surface area contributed by atoms with Crippen molar-refractivity contribution < 1.29 is 4.74 Å². The monoisotopic (exact) mass is 498 g/mol. The summed E-state index contributed by atoms with van der Waals surface area (Å²) >= 11 is 6.00. The third-order valence-corrected chi connectivity index (χ3v) is 7.41. The lowest BCUT2D eigenvalue weighted by molar-refractivity contribution is 0.324. The van der Waals surface area contributed by atoms with Gasteiger partial charge in [-0.1, -0.05) is 61.2 Å². The molecule has 4 heteroatoms. The number of nitriles is 1. The molecule has 186 valence electrons. The molecule has 0 amide bonds. The highest BCUT2D eigenvalue weighted by Gasteiger charge is 2.15. The van der Waals surface area contributed by atoms with Crippen LogP contribution in [-0.4, -0.2) is 19.7 Å². The van der Waals surface area contributed by atoms with Crippen molar-refractivity contribution in [2.75, 3.05) is 24.6 Å². The Kier molecular flexibility index (Phi) is 9.09. The van der Waals surface area contributed by atoms with Gasteiger partial charge in [0.15, 0.2) is 0 Å². The Bertz CT molecular complexity index is 1200. The Balaban J connectivity index is 1.37. The second-order valence-corrected chi connectivity index (χ2v) is 9.99. The highest BCUT2D eigenvalue weighted by Crippen LogP contribution is 2.33. The van der Waals surface area contributed by atoms with Gasteiger partial charge in [-0.3, -0.25) is 0 Å². The first-order valence-corrected chi connectivity index (χ1v) is 13.4. The summed E-state index contributed by atoms with van der Waals surface area (Å²) in [5.41, 5.74) is 6.27. The van der Waals surface area contributed by atoms with E-state index in [1.165, 1.54) is 37.7 Å². The van der Waals surface area contributed by atoms with Gasteiger partial charge in [-0.25, -0.2) is 0 Å². The van der Waals surface area contributed by atoms with E-state index in [0.29, 0.717) is 17.2 Å². The molecule has 1 aliphatic rings. The van der Waals surface area contributed by atoms with Crippen molar-refractivity contribution in [2.24, 2.45) is 0 Å². The van der Waals surface area contributed by atoms with E-state index in [2.05, 4.69) is 67.3 Å². The first kappa shape index (κ1) is 25.9. The number of aryl methyl sites for hydroxylation is 1. The lowest BCUT2D eigenvalue weighted by atomic mass is 9.84. The Morgan fingerprint density at radius 2 is 1.75 bits per heavy atom. The van der Waals surface area contributed by atoms with Crippen LogP contribution in [0, 0.1) is 18.3 Å². The lowest BCUT2D eigenvalue weighted by Crippen LogP contribution is -2.28. The van der Waals surface area contributed by atoms with Gasteiger partial charge in [0, 0.05) is 17.3 Å². The Morgan fingerprint density at radius 3 is 2.39 bits per heavy atom. The van der Waals surface area contributed by atoms with Gasteiger partial charge in [-0.2, -0.15) is 5.26 Å². The molecule has 0 atom stereocenters. The molecule has 3 nitrogen and oxygen atoms in total. The standard InChI is InChI=1S/C32H35ClN2O/c1-3-35(19-20-36-32-17-12-26(13-18-32)25-7-5-4-6-8-25)31-16-11-28(24(2)21-31)22-29(23-34)27-9-14-30(33)15-10-27/h9-18,21-22,25H,3-8,19-20H2,1-2H3/b29-22+. The van der Waals surface area contributed by atoms with Crippen LogP contribution in [-0.2, 0) is 0 Å². The fourth-order valence-electron chi connectivity index (χ4n) is 5.00. The highest BCUT2D eigenvalue weighted by molar-refractivity contribution is 6.30. The summed E-state index contributed by atoms with van der Waals surface area (Å²) in [6.07, 6.45) is 8.67. The number of rotatable bonds is 9. The van der Waals surface area contributed by atoms with Crippen molar-refractivity contribution in [3.63, 3.8) is 0 Å². The summed E-state index contributed by atoms with van der Waals surface area (Å²) in [5, 5.41) is 10.3. The van der Waals surface area contributed by atoms with Gasteiger partial charge >= 0.3 is 0 Å². The summed E-state index contributed by atoms with van der Waals surface area (Å²) in [7, 11) is 0. The molecule has 0 N–H and O–H groups in total. The number of hydrogen-bond donors (Lipinski definition) is 0. The van der Waals surface area contributed by atoms with Gasteiger partial charge in [0.1, 0.15) is 12.4 Å². The summed E-state index contributed by atoms with van der Waals surface area (Å²) in [6.45, 7) is 6.59. The van der Waals surface area contributed by atoms with Crippen molar-refractivity contribution >= 4 is 28.9 Å². The molecule has 0 aromatic heterocycles. The zero-order chi connectivity index (χ0) is 25.3. The van der Waals surface area contributed by atoms with Crippen molar-refractivity contribution in [1.82, 2.24) is 0 Å². The van der Waals surface area contributed by atoms with Crippen molar-refractivity contribution in [3.05, 3.63) is 94.0 Å². The van der Waals surface area contributed by atoms with Gasteiger partial charge in [-0.15, -0.1) is 0 Å². The first-order chi connectivity index (χ1) is 17.6. The smallest absolute Gasteiger partial charge is 0.119 e. The van der Waals surface area contributed by atoms with Crippen molar-refractivity contribution in [3.8, 4) is 11.8 Å². The quantitative estimate of drug-likeness (QED) is 0.218. The molecule has 0 heterocycles. The minimum atomic E-state index is 0.623.